The predicted octanol–water partition coefficient (Wildman–Crippen LogP) is -0.632. The van der Waals surface area contributed by atoms with Crippen molar-refractivity contribution in [2.75, 3.05) is 40.3 Å². The summed E-state index contributed by atoms with van der Waals surface area (Å²) in [4.78, 5) is 15.9. The highest BCUT2D eigenvalue weighted by Gasteiger charge is 2.22. The Morgan fingerprint density at radius 1 is 1.31 bits per heavy atom. The third-order valence-corrected chi connectivity index (χ3v) is 2.62. The lowest BCUT2D eigenvalue weighted by atomic mass is 10.2. The minimum atomic E-state index is -0.0524. The molecule has 1 aliphatic heterocycles. The summed E-state index contributed by atoms with van der Waals surface area (Å²) < 4.78 is 0. The quantitative estimate of drug-likeness (QED) is 0.622. The number of hydrogen-bond acceptors (Lipinski definition) is 3. The monoisotopic (exact) mass is 185 g/mol. The van der Waals surface area contributed by atoms with Gasteiger partial charge in [-0.3, -0.25) is 4.79 Å². The highest BCUT2D eigenvalue weighted by Crippen LogP contribution is 2.01. The van der Waals surface area contributed by atoms with Crippen LogP contribution < -0.4 is 5.32 Å². The number of nitrogens with one attached hydrogen (secondary N) is 1. The van der Waals surface area contributed by atoms with E-state index in [1.54, 1.807) is 0 Å². The van der Waals surface area contributed by atoms with E-state index in [1.807, 2.05) is 18.9 Å². The minimum Gasteiger partial charge on any atom is -0.339 e. The zero-order valence-corrected chi connectivity index (χ0v) is 8.71. The third-order valence-electron chi connectivity index (χ3n) is 2.62. The first-order valence-corrected chi connectivity index (χ1v) is 4.79. The molecule has 0 bridgehead atoms. The minimum absolute atomic E-state index is 0.0524. The number of likely N-dealkylation sites (N-methyl/N-ethyl adjacent to an activating group) is 2. The molecule has 1 fully saturated rings. The smallest absolute Gasteiger partial charge is 0.239 e. The summed E-state index contributed by atoms with van der Waals surface area (Å²) in [5, 5.41) is 2.97. The predicted molar refractivity (Wildman–Crippen MR) is 52.6 cm³/mol. The van der Waals surface area contributed by atoms with Crippen LogP contribution in [0.25, 0.3) is 0 Å². The lowest BCUT2D eigenvalue weighted by molar-refractivity contribution is -0.134. The van der Waals surface area contributed by atoms with E-state index >= 15 is 0 Å². The lowest BCUT2D eigenvalue weighted by Crippen LogP contribution is -2.52. The van der Waals surface area contributed by atoms with E-state index in [9.17, 15) is 4.79 Å². The summed E-state index contributed by atoms with van der Waals surface area (Å²) in [7, 11) is 3.90. The number of rotatable bonds is 2. The van der Waals surface area contributed by atoms with Crippen molar-refractivity contribution in [1.82, 2.24) is 15.1 Å². The molecule has 0 radical (unpaired) electrons. The molecule has 0 aromatic rings. The van der Waals surface area contributed by atoms with Crippen molar-refractivity contribution >= 4 is 5.91 Å². The Morgan fingerprint density at radius 3 is 2.31 bits per heavy atom. The second-order valence-electron chi connectivity index (χ2n) is 3.64. The van der Waals surface area contributed by atoms with Crippen molar-refractivity contribution in [3.63, 3.8) is 0 Å². The molecule has 1 rings (SSSR count). The van der Waals surface area contributed by atoms with Gasteiger partial charge in [0.25, 0.3) is 0 Å². The van der Waals surface area contributed by atoms with E-state index in [0.29, 0.717) is 0 Å². The summed E-state index contributed by atoms with van der Waals surface area (Å²) in [6.45, 7) is 5.60. The molecule has 1 amide bonds. The second-order valence-corrected chi connectivity index (χ2v) is 3.64. The van der Waals surface area contributed by atoms with Crippen molar-refractivity contribution in [3.05, 3.63) is 0 Å². The van der Waals surface area contributed by atoms with Crippen LogP contribution in [0, 0.1) is 0 Å². The maximum absolute atomic E-state index is 11.7. The fourth-order valence-electron chi connectivity index (χ4n) is 1.42. The molecule has 1 saturated heterocycles. The van der Waals surface area contributed by atoms with Crippen LogP contribution in [0.5, 0.6) is 0 Å². The molecule has 0 spiro atoms. The first-order chi connectivity index (χ1) is 6.15. The molecule has 1 N–H and O–H groups in total. The van der Waals surface area contributed by atoms with Gasteiger partial charge in [0.15, 0.2) is 0 Å². The molecule has 4 nitrogen and oxygen atoms in total. The van der Waals surface area contributed by atoms with E-state index in [1.165, 1.54) is 0 Å². The van der Waals surface area contributed by atoms with Crippen LogP contribution in [0.15, 0.2) is 0 Å². The average molecular weight is 185 g/mol. The molecular weight excluding hydrogens is 166 g/mol. The van der Waals surface area contributed by atoms with Gasteiger partial charge in [0.1, 0.15) is 0 Å². The Hall–Kier alpha value is -0.610. The highest BCUT2D eigenvalue weighted by molar-refractivity contribution is 5.81. The fraction of sp³-hybridized carbons (Fsp3) is 0.889. The largest absolute Gasteiger partial charge is 0.339 e. The molecule has 76 valence electrons. The molecule has 0 aromatic heterocycles. The van der Waals surface area contributed by atoms with Gasteiger partial charge in [-0.25, -0.2) is 0 Å². The Morgan fingerprint density at radius 2 is 1.85 bits per heavy atom. The fourth-order valence-corrected chi connectivity index (χ4v) is 1.42. The molecule has 0 aliphatic carbocycles. The number of carbonyl (C=O) groups excluding carboxylic acids is 1. The number of hydrogen-bond donors (Lipinski definition) is 1. The van der Waals surface area contributed by atoms with E-state index < -0.39 is 0 Å². The Kier molecular flexibility index (Phi) is 3.69. The molecule has 13 heavy (non-hydrogen) atoms. The van der Waals surface area contributed by atoms with Gasteiger partial charge < -0.3 is 15.1 Å². The average Bonchev–Trinajstić information content (AvgIpc) is 2.17. The van der Waals surface area contributed by atoms with Crippen LogP contribution in [0.1, 0.15) is 6.92 Å². The summed E-state index contributed by atoms with van der Waals surface area (Å²) in [5.41, 5.74) is 0. The van der Waals surface area contributed by atoms with Crippen LogP contribution in [-0.4, -0.2) is 62.0 Å². The van der Waals surface area contributed by atoms with Crippen molar-refractivity contribution < 1.29 is 4.79 Å². The molecule has 1 unspecified atom stereocenters. The number of nitrogens with zero attached hydrogens (tertiary/aromatic N) is 2. The molecule has 1 atom stereocenters. The van der Waals surface area contributed by atoms with Crippen molar-refractivity contribution in [1.29, 1.82) is 0 Å². The van der Waals surface area contributed by atoms with E-state index in [2.05, 4.69) is 17.3 Å². The molecule has 0 aromatic carbocycles. The molecule has 1 aliphatic rings. The Bertz CT molecular complexity index is 176. The third kappa shape index (κ3) is 2.67. The number of amides is 1. The standard InChI is InChI=1S/C9H19N3O/c1-8(10-2)9(13)12-6-4-11(3)5-7-12/h8,10H,4-7H2,1-3H3. The number of carbonyl (C=O) groups is 1. The van der Waals surface area contributed by atoms with Gasteiger partial charge >= 0.3 is 0 Å². The van der Waals surface area contributed by atoms with Gasteiger partial charge in [0.2, 0.25) is 5.91 Å². The van der Waals surface area contributed by atoms with Crippen molar-refractivity contribution in [2.45, 2.75) is 13.0 Å². The van der Waals surface area contributed by atoms with Gasteiger partial charge in [0.05, 0.1) is 6.04 Å². The molecule has 4 heteroatoms. The van der Waals surface area contributed by atoms with Gasteiger partial charge in [-0.2, -0.15) is 0 Å². The normalized spacial score (nSPS) is 21.6. The number of piperazine rings is 1. The van der Waals surface area contributed by atoms with Crippen LogP contribution in [0.3, 0.4) is 0 Å². The van der Waals surface area contributed by atoms with Crippen LogP contribution in [-0.2, 0) is 4.79 Å². The van der Waals surface area contributed by atoms with E-state index in [-0.39, 0.29) is 11.9 Å². The summed E-state index contributed by atoms with van der Waals surface area (Å²) >= 11 is 0. The second kappa shape index (κ2) is 4.58. The van der Waals surface area contributed by atoms with E-state index in [0.717, 1.165) is 26.2 Å². The SMILES string of the molecule is CNC(C)C(=O)N1CCN(C)CC1. The molecule has 0 saturated carbocycles. The van der Waals surface area contributed by atoms with Crippen LogP contribution >= 0.6 is 0 Å². The Labute approximate surface area is 79.9 Å². The molecular formula is C9H19N3O. The van der Waals surface area contributed by atoms with Gasteiger partial charge in [-0.1, -0.05) is 0 Å². The topological polar surface area (TPSA) is 35.6 Å². The van der Waals surface area contributed by atoms with Crippen LogP contribution in [0.2, 0.25) is 0 Å². The van der Waals surface area contributed by atoms with Crippen molar-refractivity contribution in [2.24, 2.45) is 0 Å². The van der Waals surface area contributed by atoms with Crippen LogP contribution in [0.4, 0.5) is 0 Å². The zero-order valence-electron chi connectivity index (χ0n) is 8.71. The first kappa shape index (κ1) is 10.5. The van der Waals surface area contributed by atoms with E-state index in [4.69, 9.17) is 0 Å². The van der Waals surface area contributed by atoms with Crippen molar-refractivity contribution in [3.8, 4) is 0 Å². The lowest BCUT2D eigenvalue weighted by Gasteiger charge is -2.33. The highest BCUT2D eigenvalue weighted by atomic mass is 16.2. The van der Waals surface area contributed by atoms with Gasteiger partial charge in [-0.05, 0) is 21.0 Å². The molecule has 1 heterocycles. The maximum atomic E-state index is 11.7. The van der Waals surface area contributed by atoms with Gasteiger partial charge in [-0.15, -0.1) is 0 Å². The summed E-state index contributed by atoms with van der Waals surface area (Å²) in [5.74, 6) is 0.218. The summed E-state index contributed by atoms with van der Waals surface area (Å²) in [6.07, 6.45) is 0. The zero-order chi connectivity index (χ0) is 9.84. The summed E-state index contributed by atoms with van der Waals surface area (Å²) in [6, 6.07) is -0.0524. The Balaban J connectivity index is 2.40. The maximum Gasteiger partial charge on any atom is 0.239 e. The van der Waals surface area contributed by atoms with Gasteiger partial charge in [0, 0.05) is 26.2 Å². The first-order valence-electron chi connectivity index (χ1n) is 4.79.